The number of para-hydroxylation sites is 1. The average Bonchev–Trinajstić information content (AvgIpc) is 2.73. The third kappa shape index (κ3) is 2.43. The van der Waals surface area contributed by atoms with Gasteiger partial charge in [0.25, 0.3) is 5.91 Å². The summed E-state index contributed by atoms with van der Waals surface area (Å²) in [4.78, 5) is 16.6. The zero-order valence-electron chi connectivity index (χ0n) is 9.93. The van der Waals surface area contributed by atoms with Crippen LogP contribution >= 0.6 is 11.3 Å². The Kier molecular flexibility index (Phi) is 3.47. The van der Waals surface area contributed by atoms with E-state index in [2.05, 4.69) is 10.3 Å². The van der Waals surface area contributed by atoms with Crippen LogP contribution in [0, 0.1) is 6.92 Å². The summed E-state index contributed by atoms with van der Waals surface area (Å²) < 4.78 is 0. The van der Waals surface area contributed by atoms with Gasteiger partial charge in [-0.25, -0.2) is 4.98 Å². The molecule has 1 heterocycles. The van der Waals surface area contributed by atoms with E-state index < -0.39 is 5.91 Å². The third-order valence-corrected chi connectivity index (χ3v) is 3.57. The summed E-state index contributed by atoms with van der Waals surface area (Å²) in [6, 6.07) is 5.09. The van der Waals surface area contributed by atoms with Gasteiger partial charge in [0.15, 0.2) is 0 Å². The summed E-state index contributed by atoms with van der Waals surface area (Å²) in [5, 5.41) is 3.15. The summed E-state index contributed by atoms with van der Waals surface area (Å²) in [6.45, 7) is 2.52. The van der Waals surface area contributed by atoms with Crippen molar-refractivity contribution in [3.63, 3.8) is 0 Å². The number of anilines is 2. The van der Waals surface area contributed by atoms with Crippen molar-refractivity contribution in [3.05, 3.63) is 39.8 Å². The number of hydrogen-bond donors (Lipinski definition) is 3. The highest BCUT2D eigenvalue weighted by atomic mass is 32.1. The van der Waals surface area contributed by atoms with Gasteiger partial charge in [0.05, 0.1) is 34.7 Å². The number of nitrogen functional groups attached to an aromatic ring is 1. The summed E-state index contributed by atoms with van der Waals surface area (Å²) in [5.41, 5.74) is 15.4. The number of primary amides is 1. The molecule has 0 unspecified atom stereocenters. The smallest absolute Gasteiger partial charge is 0.250 e. The van der Waals surface area contributed by atoms with E-state index >= 15 is 0 Å². The van der Waals surface area contributed by atoms with Crippen LogP contribution in [0.25, 0.3) is 0 Å². The molecule has 0 spiro atoms. The lowest BCUT2D eigenvalue weighted by atomic mass is 10.1. The fourth-order valence-corrected chi connectivity index (χ4v) is 2.35. The first kappa shape index (κ1) is 12.4. The Morgan fingerprint density at radius 1 is 1.50 bits per heavy atom. The monoisotopic (exact) mass is 262 g/mol. The van der Waals surface area contributed by atoms with E-state index in [9.17, 15) is 4.79 Å². The summed E-state index contributed by atoms with van der Waals surface area (Å²) in [6.07, 6.45) is 0. The average molecular weight is 262 g/mol. The molecule has 0 aliphatic heterocycles. The maximum absolute atomic E-state index is 11.3. The predicted molar refractivity (Wildman–Crippen MR) is 73.6 cm³/mol. The zero-order chi connectivity index (χ0) is 13.1. The number of carbonyl (C=O) groups is 1. The SMILES string of the molecule is Cc1ncsc1CNc1c(N)cccc1C(N)=O. The number of aryl methyl sites for hydroxylation is 1. The highest BCUT2D eigenvalue weighted by Gasteiger charge is 2.11. The lowest BCUT2D eigenvalue weighted by molar-refractivity contribution is 0.100. The first-order chi connectivity index (χ1) is 8.59. The minimum Gasteiger partial charge on any atom is -0.397 e. The maximum Gasteiger partial charge on any atom is 0.250 e. The molecule has 18 heavy (non-hydrogen) atoms. The summed E-state index contributed by atoms with van der Waals surface area (Å²) in [7, 11) is 0. The molecule has 5 N–H and O–H groups in total. The molecular formula is C12H14N4OS. The number of benzene rings is 1. The molecule has 0 saturated carbocycles. The molecule has 5 nitrogen and oxygen atoms in total. The first-order valence-corrected chi connectivity index (χ1v) is 6.28. The van der Waals surface area contributed by atoms with E-state index in [1.807, 2.05) is 6.92 Å². The normalized spacial score (nSPS) is 10.3. The highest BCUT2D eigenvalue weighted by Crippen LogP contribution is 2.24. The molecule has 2 aromatic rings. The van der Waals surface area contributed by atoms with Crippen molar-refractivity contribution in [3.8, 4) is 0 Å². The van der Waals surface area contributed by atoms with Gasteiger partial charge >= 0.3 is 0 Å². The predicted octanol–water partition coefficient (Wildman–Crippen LogP) is 1.74. The lowest BCUT2D eigenvalue weighted by Gasteiger charge is -2.12. The van der Waals surface area contributed by atoms with Crippen LogP contribution in [0.15, 0.2) is 23.7 Å². The van der Waals surface area contributed by atoms with Gasteiger partial charge < -0.3 is 16.8 Å². The number of carbonyl (C=O) groups excluding carboxylic acids is 1. The summed E-state index contributed by atoms with van der Waals surface area (Å²) >= 11 is 1.56. The van der Waals surface area contributed by atoms with Crippen molar-refractivity contribution in [1.82, 2.24) is 4.98 Å². The molecule has 6 heteroatoms. The van der Waals surface area contributed by atoms with E-state index in [4.69, 9.17) is 11.5 Å². The molecule has 1 amide bonds. The Hall–Kier alpha value is -2.08. The summed E-state index contributed by atoms with van der Waals surface area (Å²) in [5.74, 6) is -0.495. The van der Waals surface area contributed by atoms with Gasteiger partial charge in [0.1, 0.15) is 0 Å². The highest BCUT2D eigenvalue weighted by molar-refractivity contribution is 7.09. The Labute approximate surface area is 109 Å². The third-order valence-electron chi connectivity index (χ3n) is 2.63. The Morgan fingerprint density at radius 2 is 2.28 bits per heavy atom. The van der Waals surface area contributed by atoms with Crippen LogP contribution in [-0.4, -0.2) is 10.9 Å². The molecule has 94 valence electrons. The molecule has 0 aliphatic rings. The second kappa shape index (κ2) is 5.05. The van der Waals surface area contributed by atoms with Gasteiger partial charge in [0, 0.05) is 4.88 Å². The quantitative estimate of drug-likeness (QED) is 0.731. The van der Waals surface area contributed by atoms with Crippen LogP contribution in [0.5, 0.6) is 0 Å². The van der Waals surface area contributed by atoms with Crippen molar-refractivity contribution >= 4 is 28.6 Å². The second-order valence-corrected chi connectivity index (χ2v) is 4.79. The number of nitrogens with zero attached hydrogens (tertiary/aromatic N) is 1. The Morgan fingerprint density at radius 3 is 2.89 bits per heavy atom. The number of thiazole rings is 1. The first-order valence-electron chi connectivity index (χ1n) is 5.40. The van der Waals surface area contributed by atoms with Crippen LogP contribution in [0.3, 0.4) is 0 Å². The minimum absolute atomic E-state index is 0.400. The molecule has 0 bridgehead atoms. The van der Waals surface area contributed by atoms with Gasteiger partial charge in [-0.15, -0.1) is 11.3 Å². The zero-order valence-corrected chi connectivity index (χ0v) is 10.8. The van der Waals surface area contributed by atoms with Gasteiger partial charge in [0.2, 0.25) is 0 Å². The largest absolute Gasteiger partial charge is 0.397 e. The van der Waals surface area contributed by atoms with E-state index in [-0.39, 0.29) is 0 Å². The molecule has 0 atom stereocenters. The molecule has 0 radical (unpaired) electrons. The van der Waals surface area contributed by atoms with E-state index in [0.717, 1.165) is 10.6 Å². The number of nitrogens with one attached hydrogen (secondary N) is 1. The van der Waals surface area contributed by atoms with Crippen molar-refractivity contribution < 1.29 is 4.79 Å². The molecule has 0 aliphatic carbocycles. The van der Waals surface area contributed by atoms with E-state index in [1.54, 1.807) is 35.0 Å². The molecular weight excluding hydrogens is 248 g/mol. The van der Waals surface area contributed by atoms with Gasteiger partial charge in [-0.3, -0.25) is 4.79 Å². The van der Waals surface area contributed by atoms with Gasteiger partial charge in [-0.05, 0) is 19.1 Å². The van der Waals surface area contributed by atoms with Crippen LogP contribution < -0.4 is 16.8 Å². The van der Waals surface area contributed by atoms with Crippen LogP contribution in [-0.2, 0) is 6.54 Å². The van der Waals surface area contributed by atoms with Crippen molar-refractivity contribution in [2.45, 2.75) is 13.5 Å². The number of amides is 1. The second-order valence-electron chi connectivity index (χ2n) is 3.85. The van der Waals surface area contributed by atoms with E-state index in [1.165, 1.54) is 0 Å². The lowest BCUT2D eigenvalue weighted by Crippen LogP contribution is -2.15. The van der Waals surface area contributed by atoms with Crippen molar-refractivity contribution in [2.24, 2.45) is 5.73 Å². The molecule has 2 rings (SSSR count). The van der Waals surface area contributed by atoms with Crippen LogP contribution in [0.2, 0.25) is 0 Å². The van der Waals surface area contributed by atoms with E-state index in [0.29, 0.717) is 23.5 Å². The van der Waals surface area contributed by atoms with Gasteiger partial charge in [-0.2, -0.15) is 0 Å². The van der Waals surface area contributed by atoms with Crippen LogP contribution in [0.1, 0.15) is 20.9 Å². The molecule has 0 fully saturated rings. The fourth-order valence-electron chi connectivity index (χ4n) is 1.64. The van der Waals surface area contributed by atoms with Crippen molar-refractivity contribution in [1.29, 1.82) is 0 Å². The fraction of sp³-hybridized carbons (Fsp3) is 0.167. The standard InChI is InChI=1S/C12H14N4OS/c1-7-10(18-6-16-7)5-15-11-8(12(14)17)3-2-4-9(11)13/h2-4,6,15H,5,13H2,1H3,(H2,14,17). The van der Waals surface area contributed by atoms with Crippen molar-refractivity contribution in [2.75, 3.05) is 11.1 Å². The van der Waals surface area contributed by atoms with Crippen LogP contribution in [0.4, 0.5) is 11.4 Å². The molecule has 1 aromatic heterocycles. The number of hydrogen-bond acceptors (Lipinski definition) is 5. The van der Waals surface area contributed by atoms with Gasteiger partial charge in [-0.1, -0.05) is 6.07 Å². The Balaban J connectivity index is 2.24. The number of nitrogens with two attached hydrogens (primary N) is 2. The minimum atomic E-state index is -0.495. The maximum atomic E-state index is 11.3. The number of rotatable bonds is 4. The topological polar surface area (TPSA) is 94.0 Å². The number of aromatic nitrogens is 1. The molecule has 0 saturated heterocycles. The Bertz CT molecular complexity index is 579. The molecule has 1 aromatic carbocycles.